The van der Waals surface area contributed by atoms with Crippen molar-refractivity contribution in [1.82, 2.24) is 0 Å². The van der Waals surface area contributed by atoms with Gasteiger partial charge in [0.15, 0.2) is 0 Å². The van der Waals surface area contributed by atoms with Crippen molar-refractivity contribution in [2.24, 2.45) is 5.73 Å². The van der Waals surface area contributed by atoms with Gasteiger partial charge < -0.3 is 5.73 Å². The van der Waals surface area contributed by atoms with E-state index >= 15 is 0 Å². The van der Waals surface area contributed by atoms with Gasteiger partial charge in [0, 0.05) is 16.3 Å². The second-order valence-corrected chi connectivity index (χ2v) is 4.85. The lowest BCUT2D eigenvalue weighted by molar-refractivity contribution is 1.04. The number of benzene rings is 2. The summed E-state index contributed by atoms with van der Waals surface area (Å²) in [6.45, 7) is 2.72. The van der Waals surface area contributed by atoms with Gasteiger partial charge in [-0.1, -0.05) is 36.0 Å². The fraction of sp³-hybridized carbons (Fsp3) is 0.143. The molecule has 2 heteroatoms. The van der Waals surface area contributed by atoms with Crippen LogP contribution in [0.2, 0.25) is 0 Å². The third kappa shape index (κ3) is 2.65. The van der Waals surface area contributed by atoms with Crippen LogP contribution in [-0.2, 0) is 6.54 Å². The predicted octanol–water partition coefficient (Wildman–Crippen LogP) is 3.60. The highest BCUT2D eigenvalue weighted by Crippen LogP contribution is 2.28. The van der Waals surface area contributed by atoms with Crippen LogP contribution >= 0.6 is 11.8 Å². The molecule has 0 atom stereocenters. The van der Waals surface area contributed by atoms with Gasteiger partial charge in [-0.3, -0.25) is 0 Å². The second-order valence-electron chi connectivity index (χ2n) is 3.71. The third-order valence-corrected chi connectivity index (χ3v) is 3.51. The van der Waals surface area contributed by atoms with Crippen LogP contribution in [0.3, 0.4) is 0 Å². The quantitative estimate of drug-likeness (QED) is 0.870. The zero-order valence-electron chi connectivity index (χ0n) is 9.31. The molecule has 16 heavy (non-hydrogen) atoms. The molecular weight excluding hydrogens is 214 g/mol. The fourth-order valence-electron chi connectivity index (χ4n) is 1.59. The summed E-state index contributed by atoms with van der Waals surface area (Å²) < 4.78 is 0. The second kappa shape index (κ2) is 5.19. The van der Waals surface area contributed by atoms with Crippen molar-refractivity contribution in [1.29, 1.82) is 0 Å². The van der Waals surface area contributed by atoms with Crippen molar-refractivity contribution in [2.75, 3.05) is 0 Å². The average molecular weight is 229 g/mol. The molecule has 0 spiro atoms. The normalized spacial score (nSPS) is 10.4. The van der Waals surface area contributed by atoms with E-state index in [1.165, 1.54) is 20.9 Å². The lowest BCUT2D eigenvalue weighted by Crippen LogP contribution is -1.98. The fourth-order valence-corrected chi connectivity index (χ4v) is 2.52. The Kier molecular flexibility index (Phi) is 3.65. The summed E-state index contributed by atoms with van der Waals surface area (Å²) in [5.74, 6) is 0. The Bertz CT molecular complexity index is 465. The van der Waals surface area contributed by atoms with Gasteiger partial charge >= 0.3 is 0 Å². The lowest BCUT2D eigenvalue weighted by Gasteiger charge is -2.06. The Morgan fingerprint density at radius 3 is 2.38 bits per heavy atom. The first-order valence-electron chi connectivity index (χ1n) is 5.32. The Hall–Kier alpha value is -1.25. The molecule has 0 amide bonds. The summed E-state index contributed by atoms with van der Waals surface area (Å²) in [6, 6.07) is 16.8. The molecule has 0 aliphatic carbocycles. The van der Waals surface area contributed by atoms with Crippen molar-refractivity contribution in [2.45, 2.75) is 23.3 Å². The first-order chi connectivity index (χ1) is 7.79. The summed E-state index contributed by atoms with van der Waals surface area (Å²) >= 11 is 1.78. The Labute approximate surface area is 101 Å². The van der Waals surface area contributed by atoms with E-state index in [2.05, 4.69) is 49.4 Å². The molecule has 0 aliphatic rings. The van der Waals surface area contributed by atoms with Crippen molar-refractivity contribution >= 4 is 11.8 Å². The Balaban J connectivity index is 2.20. The maximum absolute atomic E-state index is 5.65. The predicted molar refractivity (Wildman–Crippen MR) is 69.6 cm³/mol. The smallest absolute Gasteiger partial charge is 0.0180 e. The van der Waals surface area contributed by atoms with Gasteiger partial charge in [0.1, 0.15) is 0 Å². The molecule has 0 heterocycles. The van der Waals surface area contributed by atoms with E-state index in [9.17, 15) is 0 Å². The van der Waals surface area contributed by atoms with Gasteiger partial charge in [-0.2, -0.15) is 0 Å². The van der Waals surface area contributed by atoms with E-state index in [4.69, 9.17) is 5.73 Å². The molecule has 0 saturated carbocycles. The van der Waals surface area contributed by atoms with Crippen LogP contribution in [-0.4, -0.2) is 0 Å². The van der Waals surface area contributed by atoms with Crippen LogP contribution in [0.25, 0.3) is 0 Å². The van der Waals surface area contributed by atoms with Crippen LogP contribution in [0.1, 0.15) is 11.1 Å². The zero-order valence-corrected chi connectivity index (χ0v) is 10.1. The molecule has 0 fully saturated rings. The summed E-state index contributed by atoms with van der Waals surface area (Å²) in [4.78, 5) is 2.53. The number of nitrogens with two attached hydrogens (primary N) is 1. The molecule has 82 valence electrons. The van der Waals surface area contributed by atoms with Gasteiger partial charge in [-0.25, -0.2) is 0 Å². The first kappa shape index (κ1) is 11.2. The molecule has 0 aliphatic heterocycles. The number of hydrogen-bond acceptors (Lipinski definition) is 2. The van der Waals surface area contributed by atoms with Gasteiger partial charge in [0.05, 0.1) is 0 Å². The molecule has 0 saturated heterocycles. The monoisotopic (exact) mass is 229 g/mol. The van der Waals surface area contributed by atoms with E-state index < -0.39 is 0 Å². The molecule has 2 aromatic rings. The standard InChI is InChI=1S/C14H15NS/c1-11-9-14(8-7-12(11)10-15)16-13-5-3-2-4-6-13/h2-9H,10,15H2,1H3. The minimum atomic E-state index is 0.613. The first-order valence-corrected chi connectivity index (χ1v) is 6.14. The average Bonchev–Trinajstić information content (AvgIpc) is 2.31. The highest BCUT2D eigenvalue weighted by Gasteiger charge is 2.00. The molecule has 1 nitrogen and oxygen atoms in total. The lowest BCUT2D eigenvalue weighted by atomic mass is 10.1. The number of hydrogen-bond donors (Lipinski definition) is 1. The van der Waals surface area contributed by atoms with Crippen molar-refractivity contribution in [3.8, 4) is 0 Å². The molecule has 2 aromatic carbocycles. The molecule has 0 unspecified atom stereocenters. The topological polar surface area (TPSA) is 26.0 Å². The molecule has 2 rings (SSSR count). The van der Waals surface area contributed by atoms with E-state index in [0.29, 0.717) is 6.54 Å². The highest BCUT2D eigenvalue weighted by atomic mass is 32.2. The van der Waals surface area contributed by atoms with Crippen molar-refractivity contribution in [3.63, 3.8) is 0 Å². The molecule has 0 bridgehead atoms. The summed E-state index contributed by atoms with van der Waals surface area (Å²) in [6.07, 6.45) is 0. The van der Waals surface area contributed by atoms with E-state index in [-0.39, 0.29) is 0 Å². The zero-order chi connectivity index (χ0) is 11.4. The largest absolute Gasteiger partial charge is 0.326 e. The summed E-state index contributed by atoms with van der Waals surface area (Å²) in [5, 5.41) is 0. The maximum atomic E-state index is 5.65. The number of rotatable bonds is 3. The van der Waals surface area contributed by atoms with Gasteiger partial charge in [0.2, 0.25) is 0 Å². The van der Waals surface area contributed by atoms with Crippen molar-refractivity contribution < 1.29 is 0 Å². The highest BCUT2D eigenvalue weighted by molar-refractivity contribution is 7.99. The van der Waals surface area contributed by atoms with Crippen molar-refractivity contribution in [3.05, 3.63) is 59.7 Å². The molecular formula is C14H15NS. The Morgan fingerprint density at radius 1 is 1.00 bits per heavy atom. The summed E-state index contributed by atoms with van der Waals surface area (Å²) in [7, 11) is 0. The molecule has 2 N–H and O–H groups in total. The number of aryl methyl sites for hydroxylation is 1. The summed E-state index contributed by atoms with van der Waals surface area (Å²) in [5.41, 5.74) is 8.13. The molecule has 0 radical (unpaired) electrons. The maximum Gasteiger partial charge on any atom is 0.0180 e. The van der Waals surface area contributed by atoms with Crippen LogP contribution in [0, 0.1) is 6.92 Å². The SMILES string of the molecule is Cc1cc(Sc2ccccc2)ccc1CN. The van der Waals surface area contributed by atoms with Crippen LogP contribution in [0.15, 0.2) is 58.3 Å². The van der Waals surface area contributed by atoms with Crippen LogP contribution in [0.5, 0.6) is 0 Å². The van der Waals surface area contributed by atoms with E-state index in [0.717, 1.165) is 0 Å². The van der Waals surface area contributed by atoms with Gasteiger partial charge in [0.25, 0.3) is 0 Å². The van der Waals surface area contributed by atoms with Gasteiger partial charge in [-0.05, 0) is 42.3 Å². The minimum Gasteiger partial charge on any atom is -0.326 e. The van der Waals surface area contributed by atoms with E-state index in [1.807, 2.05) is 6.07 Å². The van der Waals surface area contributed by atoms with Gasteiger partial charge in [-0.15, -0.1) is 0 Å². The van der Waals surface area contributed by atoms with Crippen LogP contribution in [0.4, 0.5) is 0 Å². The van der Waals surface area contributed by atoms with E-state index in [1.54, 1.807) is 11.8 Å². The third-order valence-electron chi connectivity index (χ3n) is 2.51. The minimum absolute atomic E-state index is 0.613. The Morgan fingerprint density at radius 2 is 1.75 bits per heavy atom. The molecule has 0 aromatic heterocycles. The van der Waals surface area contributed by atoms with Crippen LogP contribution < -0.4 is 5.73 Å².